The van der Waals surface area contributed by atoms with E-state index in [-0.39, 0.29) is 19.0 Å². The van der Waals surface area contributed by atoms with Gasteiger partial charge in [-0.05, 0) is 49.2 Å². The Morgan fingerprint density at radius 2 is 1.79 bits per heavy atom. The Bertz CT molecular complexity index is 1260. The predicted molar refractivity (Wildman–Crippen MR) is 123 cm³/mol. The summed E-state index contributed by atoms with van der Waals surface area (Å²) < 4.78 is 73.0. The van der Waals surface area contributed by atoms with E-state index in [2.05, 4.69) is 9.82 Å². The summed E-state index contributed by atoms with van der Waals surface area (Å²) in [4.78, 5) is 0. The van der Waals surface area contributed by atoms with Crippen LogP contribution in [0.4, 0.5) is 13.2 Å². The summed E-state index contributed by atoms with van der Waals surface area (Å²) in [5.41, 5.74) is 2.47. The van der Waals surface area contributed by atoms with Crippen LogP contribution in [-0.4, -0.2) is 37.2 Å². The fourth-order valence-electron chi connectivity index (χ4n) is 3.97. The standard InChI is InChI=1S/C24H26F3N3O3S/c1-3-30-21(12-17-8-10-19(11-9-17)24(25,26)27)14-22(28-30)18-6-5-7-20(13-18)23(15-33-16-23)29-34(31,32)4-2/h5-11,13-14,29H,3-4,12,15-16H2,1-2H3. The molecule has 6 nitrogen and oxygen atoms in total. The molecular weight excluding hydrogens is 467 g/mol. The Labute approximate surface area is 196 Å². The SMILES string of the molecule is CCn1nc(-c2cccc(C3(NS(=O)(=O)CC)COC3)c2)cc1Cc1ccc(C(F)(F)F)cc1. The highest BCUT2D eigenvalue weighted by Crippen LogP contribution is 2.33. The van der Waals surface area contributed by atoms with Crippen molar-refractivity contribution in [2.75, 3.05) is 19.0 Å². The van der Waals surface area contributed by atoms with E-state index in [0.717, 1.165) is 34.5 Å². The molecule has 0 atom stereocenters. The van der Waals surface area contributed by atoms with Crippen LogP contribution in [-0.2, 0) is 39.4 Å². The maximum Gasteiger partial charge on any atom is 0.416 e. The Balaban J connectivity index is 1.61. The van der Waals surface area contributed by atoms with Crippen molar-refractivity contribution in [2.45, 2.75) is 38.5 Å². The number of aromatic nitrogens is 2. The molecular formula is C24H26F3N3O3S. The van der Waals surface area contributed by atoms with Gasteiger partial charge in [-0.1, -0.05) is 30.3 Å². The molecule has 0 radical (unpaired) electrons. The van der Waals surface area contributed by atoms with E-state index >= 15 is 0 Å². The van der Waals surface area contributed by atoms with Crippen molar-refractivity contribution >= 4 is 10.0 Å². The summed E-state index contributed by atoms with van der Waals surface area (Å²) in [6, 6.07) is 14.6. The first-order valence-corrected chi connectivity index (χ1v) is 12.6. The number of nitrogens with zero attached hydrogens (tertiary/aromatic N) is 2. The molecule has 0 aliphatic carbocycles. The largest absolute Gasteiger partial charge is 0.416 e. The number of rotatable bonds is 8. The van der Waals surface area contributed by atoms with Gasteiger partial charge in [0.25, 0.3) is 0 Å². The van der Waals surface area contributed by atoms with Gasteiger partial charge in [0.05, 0.1) is 30.2 Å². The van der Waals surface area contributed by atoms with Gasteiger partial charge in [0.2, 0.25) is 10.0 Å². The second kappa shape index (κ2) is 9.16. The van der Waals surface area contributed by atoms with Crippen molar-refractivity contribution in [2.24, 2.45) is 0 Å². The van der Waals surface area contributed by atoms with Crippen LogP contribution >= 0.6 is 0 Å². The Morgan fingerprint density at radius 3 is 2.35 bits per heavy atom. The first kappa shape index (κ1) is 24.4. The summed E-state index contributed by atoms with van der Waals surface area (Å²) >= 11 is 0. The van der Waals surface area contributed by atoms with Crippen molar-refractivity contribution in [1.29, 1.82) is 0 Å². The van der Waals surface area contributed by atoms with Crippen molar-refractivity contribution in [3.63, 3.8) is 0 Å². The molecule has 0 saturated carbocycles. The first-order chi connectivity index (χ1) is 16.0. The smallest absolute Gasteiger partial charge is 0.377 e. The van der Waals surface area contributed by atoms with Gasteiger partial charge >= 0.3 is 6.18 Å². The molecule has 0 amide bonds. The lowest BCUT2D eigenvalue weighted by Gasteiger charge is -2.42. The van der Waals surface area contributed by atoms with E-state index in [0.29, 0.717) is 18.7 Å². The Hall–Kier alpha value is -2.69. The Morgan fingerprint density at radius 1 is 1.09 bits per heavy atom. The molecule has 10 heteroatoms. The minimum absolute atomic E-state index is 0.0251. The van der Waals surface area contributed by atoms with Crippen LogP contribution in [0, 0.1) is 0 Å². The maximum atomic E-state index is 12.9. The number of aryl methyl sites for hydroxylation is 1. The van der Waals surface area contributed by atoms with Gasteiger partial charge in [-0.3, -0.25) is 4.68 Å². The average Bonchev–Trinajstić information content (AvgIpc) is 3.19. The first-order valence-electron chi connectivity index (χ1n) is 11.0. The van der Waals surface area contributed by atoms with Gasteiger partial charge in [0.1, 0.15) is 5.54 Å². The molecule has 1 saturated heterocycles. The average molecular weight is 494 g/mol. The zero-order chi connectivity index (χ0) is 24.6. The molecule has 34 heavy (non-hydrogen) atoms. The molecule has 0 unspecified atom stereocenters. The highest BCUT2D eigenvalue weighted by Gasteiger charge is 2.43. The monoisotopic (exact) mass is 493 g/mol. The minimum Gasteiger partial charge on any atom is -0.377 e. The second-order valence-electron chi connectivity index (χ2n) is 8.37. The lowest BCUT2D eigenvalue weighted by Crippen LogP contribution is -2.59. The molecule has 1 aromatic heterocycles. The second-order valence-corrected chi connectivity index (χ2v) is 10.4. The third-order valence-electron chi connectivity index (χ3n) is 5.97. The van der Waals surface area contributed by atoms with Crippen LogP contribution in [0.25, 0.3) is 11.3 Å². The zero-order valence-corrected chi connectivity index (χ0v) is 19.7. The van der Waals surface area contributed by atoms with Gasteiger partial charge in [-0.25, -0.2) is 8.42 Å². The van der Waals surface area contributed by atoms with Crippen LogP contribution in [0.1, 0.15) is 36.2 Å². The molecule has 0 bridgehead atoms. The molecule has 182 valence electrons. The van der Waals surface area contributed by atoms with Gasteiger partial charge in [0.15, 0.2) is 0 Å². The molecule has 1 aliphatic rings. The summed E-state index contributed by atoms with van der Waals surface area (Å²) in [6.07, 6.45) is -3.93. The van der Waals surface area contributed by atoms with Crippen molar-refractivity contribution in [1.82, 2.24) is 14.5 Å². The molecule has 1 fully saturated rings. The summed E-state index contributed by atoms with van der Waals surface area (Å²) in [6.45, 7) is 4.63. The highest BCUT2D eigenvalue weighted by atomic mass is 32.2. The van der Waals surface area contributed by atoms with Crippen LogP contribution in [0.2, 0.25) is 0 Å². The van der Waals surface area contributed by atoms with E-state index in [1.165, 1.54) is 12.1 Å². The lowest BCUT2D eigenvalue weighted by atomic mass is 9.88. The van der Waals surface area contributed by atoms with E-state index in [1.54, 1.807) is 6.92 Å². The van der Waals surface area contributed by atoms with Crippen LogP contribution < -0.4 is 4.72 Å². The number of ether oxygens (including phenoxy) is 1. The maximum absolute atomic E-state index is 12.9. The molecule has 4 rings (SSSR count). The van der Waals surface area contributed by atoms with Crippen molar-refractivity contribution in [3.05, 3.63) is 77.0 Å². The molecule has 3 aromatic rings. The van der Waals surface area contributed by atoms with Gasteiger partial charge in [0, 0.05) is 24.2 Å². The third-order valence-corrected chi connectivity index (χ3v) is 7.43. The van der Waals surface area contributed by atoms with Gasteiger partial charge in [-0.2, -0.15) is 23.0 Å². The van der Waals surface area contributed by atoms with Crippen molar-refractivity contribution < 1.29 is 26.3 Å². The van der Waals surface area contributed by atoms with E-state index in [1.807, 2.05) is 41.9 Å². The zero-order valence-electron chi connectivity index (χ0n) is 18.9. The topological polar surface area (TPSA) is 73.2 Å². The fourth-order valence-corrected chi connectivity index (χ4v) is 4.95. The summed E-state index contributed by atoms with van der Waals surface area (Å²) in [5.74, 6) is -0.0251. The normalized spacial score (nSPS) is 15.8. The number of hydrogen-bond donors (Lipinski definition) is 1. The molecule has 2 aromatic carbocycles. The third kappa shape index (κ3) is 5.03. The lowest BCUT2D eigenvalue weighted by molar-refractivity contribution is -0.137. The van der Waals surface area contributed by atoms with E-state index in [4.69, 9.17) is 4.74 Å². The summed E-state index contributed by atoms with van der Waals surface area (Å²) in [5, 5.41) is 4.68. The van der Waals surface area contributed by atoms with Crippen LogP contribution in [0.15, 0.2) is 54.6 Å². The highest BCUT2D eigenvalue weighted by molar-refractivity contribution is 7.89. The number of halogens is 3. The molecule has 1 aliphatic heterocycles. The van der Waals surface area contributed by atoms with E-state index < -0.39 is 27.3 Å². The molecule has 0 spiro atoms. The number of sulfonamides is 1. The predicted octanol–water partition coefficient (Wildman–Crippen LogP) is 4.34. The molecule has 2 heterocycles. The number of nitrogens with one attached hydrogen (secondary N) is 1. The van der Waals surface area contributed by atoms with Crippen LogP contribution in [0.3, 0.4) is 0 Å². The van der Waals surface area contributed by atoms with Crippen molar-refractivity contribution in [3.8, 4) is 11.3 Å². The van der Waals surface area contributed by atoms with Gasteiger partial charge in [-0.15, -0.1) is 0 Å². The summed E-state index contributed by atoms with van der Waals surface area (Å²) in [7, 11) is -3.44. The quantitative estimate of drug-likeness (QED) is 0.507. The minimum atomic E-state index is -4.37. The number of hydrogen-bond acceptors (Lipinski definition) is 4. The van der Waals surface area contributed by atoms with E-state index in [9.17, 15) is 21.6 Å². The Kier molecular flexibility index (Phi) is 6.58. The molecule has 1 N–H and O–H groups in total. The number of benzene rings is 2. The number of alkyl halides is 3. The fraction of sp³-hybridized carbons (Fsp3) is 0.375. The van der Waals surface area contributed by atoms with Gasteiger partial charge < -0.3 is 4.74 Å². The van der Waals surface area contributed by atoms with Crippen LogP contribution in [0.5, 0.6) is 0 Å².